The van der Waals surface area contributed by atoms with Crippen LogP contribution in [0.15, 0.2) is 24.3 Å². The standard InChI is InChI=1S/C64H123NO5/c1-3-5-7-9-11-13-15-17-18-19-20-21-23-26-29-33-36-40-44-48-52-56-62(67)61(60-66)65-63(68)57-53-49-45-41-37-34-30-27-24-22-25-28-31-35-39-43-47-51-55-59-70-64(69)58-54-50-46-42-38-32-16-14-12-10-8-6-4-2/h8,10,14,16,61-62,66-67H,3-7,9,11-13,15,17-60H2,1-2H3,(H,65,68)/b10-8-,16-14-. The molecule has 0 rings (SSSR count). The molecular formula is C64H123NO5. The number of hydrogen-bond donors (Lipinski definition) is 3. The van der Waals surface area contributed by atoms with E-state index in [-0.39, 0.29) is 18.5 Å². The summed E-state index contributed by atoms with van der Waals surface area (Å²) in [6, 6.07) is -0.545. The maximum Gasteiger partial charge on any atom is 0.305 e. The Labute approximate surface area is 437 Å². The number of rotatable bonds is 59. The lowest BCUT2D eigenvalue weighted by atomic mass is 10.0. The van der Waals surface area contributed by atoms with E-state index in [4.69, 9.17) is 4.74 Å². The van der Waals surface area contributed by atoms with Gasteiger partial charge in [0.15, 0.2) is 0 Å². The normalized spacial score (nSPS) is 12.7. The van der Waals surface area contributed by atoms with Gasteiger partial charge in [0.1, 0.15) is 0 Å². The second kappa shape index (κ2) is 59.9. The molecule has 6 heteroatoms. The number of esters is 1. The molecule has 0 saturated carbocycles. The molecule has 0 aromatic carbocycles. The lowest BCUT2D eigenvalue weighted by Gasteiger charge is -2.22. The average Bonchev–Trinajstić information content (AvgIpc) is 3.36. The van der Waals surface area contributed by atoms with Crippen LogP contribution in [0.1, 0.15) is 348 Å². The van der Waals surface area contributed by atoms with Crippen molar-refractivity contribution < 1.29 is 24.5 Å². The van der Waals surface area contributed by atoms with Crippen LogP contribution in [-0.2, 0) is 14.3 Å². The topological polar surface area (TPSA) is 95.9 Å². The number of aliphatic hydroxyl groups is 2. The highest BCUT2D eigenvalue weighted by Crippen LogP contribution is 2.18. The molecule has 0 aromatic rings. The predicted octanol–water partition coefficient (Wildman–Crippen LogP) is 19.8. The van der Waals surface area contributed by atoms with Crippen molar-refractivity contribution in [3.63, 3.8) is 0 Å². The Morgan fingerprint density at radius 3 is 1.14 bits per heavy atom. The second-order valence-electron chi connectivity index (χ2n) is 21.7. The first kappa shape index (κ1) is 68.3. The van der Waals surface area contributed by atoms with Gasteiger partial charge in [-0.05, 0) is 51.4 Å². The Kier molecular flexibility index (Phi) is 58.5. The van der Waals surface area contributed by atoms with Gasteiger partial charge in [0, 0.05) is 12.8 Å². The molecule has 0 aliphatic rings. The van der Waals surface area contributed by atoms with E-state index in [2.05, 4.69) is 43.5 Å². The molecule has 0 aliphatic heterocycles. The van der Waals surface area contributed by atoms with Gasteiger partial charge < -0.3 is 20.3 Å². The van der Waals surface area contributed by atoms with Crippen molar-refractivity contribution in [3.05, 3.63) is 24.3 Å². The third kappa shape index (κ3) is 55.7. The molecule has 2 atom stereocenters. The lowest BCUT2D eigenvalue weighted by Crippen LogP contribution is -2.45. The molecule has 2 unspecified atom stereocenters. The highest BCUT2D eigenvalue weighted by molar-refractivity contribution is 5.76. The van der Waals surface area contributed by atoms with Crippen LogP contribution in [0.5, 0.6) is 0 Å². The summed E-state index contributed by atoms with van der Waals surface area (Å²) < 4.78 is 5.47. The summed E-state index contributed by atoms with van der Waals surface area (Å²) in [7, 11) is 0. The van der Waals surface area contributed by atoms with Gasteiger partial charge in [0.25, 0.3) is 0 Å². The summed E-state index contributed by atoms with van der Waals surface area (Å²) in [5.74, 6) is -0.0403. The first-order valence-corrected chi connectivity index (χ1v) is 31.6. The van der Waals surface area contributed by atoms with Gasteiger partial charge in [-0.3, -0.25) is 9.59 Å². The summed E-state index contributed by atoms with van der Waals surface area (Å²) in [5, 5.41) is 23.4. The van der Waals surface area contributed by atoms with Crippen LogP contribution in [0.2, 0.25) is 0 Å². The van der Waals surface area contributed by atoms with Crippen molar-refractivity contribution in [1.29, 1.82) is 0 Å². The van der Waals surface area contributed by atoms with Crippen molar-refractivity contribution in [2.45, 2.75) is 360 Å². The molecule has 3 N–H and O–H groups in total. The molecule has 1 amide bonds. The zero-order chi connectivity index (χ0) is 50.7. The Hall–Kier alpha value is -1.66. The number of carbonyl (C=O) groups is 2. The minimum Gasteiger partial charge on any atom is -0.466 e. The van der Waals surface area contributed by atoms with Crippen LogP contribution >= 0.6 is 0 Å². The third-order valence-electron chi connectivity index (χ3n) is 14.7. The zero-order valence-corrected chi connectivity index (χ0v) is 47.3. The monoisotopic (exact) mass is 986 g/mol. The highest BCUT2D eigenvalue weighted by Gasteiger charge is 2.20. The molecule has 0 fully saturated rings. The summed E-state index contributed by atoms with van der Waals surface area (Å²) >= 11 is 0. The van der Waals surface area contributed by atoms with Gasteiger partial charge in [-0.1, -0.05) is 308 Å². The van der Waals surface area contributed by atoms with E-state index >= 15 is 0 Å². The lowest BCUT2D eigenvalue weighted by molar-refractivity contribution is -0.143. The molecular weight excluding hydrogens is 863 g/mol. The van der Waals surface area contributed by atoms with Crippen LogP contribution in [0.25, 0.3) is 0 Å². The minimum absolute atomic E-state index is 0.00562. The Morgan fingerprint density at radius 1 is 0.400 bits per heavy atom. The summed E-state index contributed by atoms with van der Waals surface area (Å²) in [6.45, 7) is 4.90. The molecule has 414 valence electrons. The van der Waals surface area contributed by atoms with Crippen molar-refractivity contribution in [2.24, 2.45) is 0 Å². The number of carbonyl (C=O) groups excluding carboxylic acids is 2. The van der Waals surface area contributed by atoms with Gasteiger partial charge in [-0.25, -0.2) is 0 Å². The Morgan fingerprint density at radius 2 is 0.743 bits per heavy atom. The second-order valence-corrected chi connectivity index (χ2v) is 21.7. The van der Waals surface area contributed by atoms with Crippen LogP contribution < -0.4 is 5.32 Å². The number of amides is 1. The molecule has 0 heterocycles. The number of unbranched alkanes of at least 4 members (excludes halogenated alkanes) is 44. The van der Waals surface area contributed by atoms with E-state index in [1.807, 2.05) is 0 Å². The molecule has 70 heavy (non-hydrogen) atoms. The van der Waals surface area contributed by atoms with E-state index in [0.717, 1.165) is 51.4 Å². The van der Waals surface area contributed by atoms with E-state index < -0.39 is 12.1 Å². The number of allylic oxidation sites excluding steroid dienone is 4. The van der Waals surface area contributed by atoms with E-state index in [9.17, 15) is 19.8 Å². The predicted molar refractivity (Wildman–Crippen MR) is 306 cm³/mol. The van der Waals surface area contributed by atoms with Crippen molar-refractivity contribution in [1.82, 2.24) is 5.32 Å². The van der Waals surface area contributed by atoms with Crippen LogP contribution in [0.4, 0.5) is 0 Å². The fraction of sp³-hybridized carbons (Fsp3) is 0.906. The van der Waals surface area contributed by atoms with E-state index in [1.54, 1.807) is 0 Å². The molecule has 0 aliphatic carbocycles. The largest absolute Gasteiger partial charge is 0.466 e. The minimum atomic E-state index is -0.667. The molecule has 0 radical (unpaired) electrons. The molecule has 0 spiro atoms. The number of hydrogen-bond acceptors (Lipinski definition) is 5. The maximum atomic E-state index is 12.5. The Bertz CT molecular complexity index is 1090. The summed E-state index contributed by atoms with van der Waals surface area (Å²) in [4.78, 5) is 24.5. The number of aliphatic hydroxyl groups excluding tert-OH is 2. The highest BCUT2D eigenvalue weighted by atomic mass is 16.5. The van der Waals surface area contributed by atoms with E-state index in [0.29, 0.717) is 25.9 Å². The van der Waals surface area contributed by atoms with Gasteiger partial charge in [-0.15, -0.1) is 0 Å². The fourth-order valence-corrected chi connectivity index (χ4v) is 9.92. The Balaban J connectivity index is 3.41. The quantitative estimate of drug-likeness (QED) is 0.0321. The summed E-state index contributed by atoms with van der Waals surface area (Å²) in [6.07, 6.45) is 73.3. The number of ether oxygens (including phenoxy) is 1. The third-order valence-corrected chi connectivity index (χ3v) is 14.7. The number of nitrogens with one attached hydrogen (secondary N) is 1. The van der Waals surface area contributed by atoms with Gasteiger partial charge in [-0.2, -0.15) is 0 Å². The summed E-state index contributed by atoms with van der Waals surface area (Å²) in [5.41, 5.74) is 0. The first-order chi connectivity index (χ1) is 34.5. The molecule has 6 nitrogen and oxygen atoms in total. The fourth-order valence-electron chi connectivity index (χ4n) is 9.92. The first-order valence-electron chi connectivity index (χ1n) is 31.6. The van der Waals surface area contributed by atoms with Crippen molar-refractivity contribution in [2.75, 3.05) is 13.2 Å². The van der Waals surface area contributed by atoms with Crippen molar-refractivity contribution >= 4 is 11.9 Å². The maximum absolute atomic E-state index is 12.5. The molecule has 0 aromatic heterocycles. The molecule has 0 saturated heterocycles. The zero-order valence-electron chi connectivity index (χ0n) is 47.3. The van der Waals surface area contributed by atoms with Crippen molar-refractivity contribution in [3.8, 4) is 0 Å². The van der Waals surface area contributed by atoms with Crippen LogP contribution in [0, 0.1) is 0 Å². The van der Waals surface area contributed by atoms with Crippen LogP contribution in [0.3, 0.4) is 0 Å². The average molecular weight is 987 g/mol. The SMILES string of the molecule is CCC/C=C\C/C=C\CCCCCCCC(=O)OCCCCCCCCCCCCCCCCCCCCCC(=O)NC(CO)C(O)CCCCCCCCCCCCCCCCCCCCCCC. The van der Waals surface area contributed by atoms with Gasteiger partial charge in [0.2, 0.25) is 5.91 Å². The van der Waals surface area contributed by atoms with Gasteiger partial charge in [0.05, 0.1) is 25.4 Å². The van der Waals surface area contributed by atoms with Crippen LogP contribution in [-0.4, -0.2) is 47.4 Å². The smallest absolute Gasteiger partial charge is 0.305 e. The van der Waals surface area contributed by atoms with Gasteiger partial charge >= 0.3 is 5.97 Å². The van der Waals surface area contributed by atoms with E-state index in [1.165, 1.54) is 263 Å². The molecule has 0 bridgehead atoms.